The van der Waals surface area contributed by atoms with Gasteiger partial charge < -0.3 is 9.47 Å². The normalized spacial score (nSPS) is 20.1. The Hall–Kier alpha value is -2.55. The first-order valence-electron chi connectivity index (χ1n) is 8.89. The average Bonchev–Trinajstić information content (AvgIpc) is 3.21. The second-order valence-corrected chi connectivity index (χ2v) is 8.34. The molecule has 150 valence electrons. The highest BCUT2D eigenvalue weighted by atomic mass is 35.5. The molecule has 2 aromatic rings. The lowest BCUT2D eigenvalue weighted by Crippen LogP contribution is -2.14. The molecule has 1 fully saturated rings. The van der Waals surface area contributed by atoms with Crippen molar-refractivity contribution in [3.63, 3.8) is 0 Å². The summed E-state index contributed by atoms with van der Waals surface area (Å²) in [5.41, 5.74) is -0.0645. The van der Waals surface area contributed by atoms with Gasteiger partial charge >= 0.3 is 5.97 Å². The van der Waals surface area contributed by atoms with E-state index in [0.29, 0.717) is 11.3 Å². The average molecular weight is 434 g/mol. The zero-order valence-corrected chi connectivity index (χ0v) is 17.2. The summed E-state index contributed by atoms with van der Waals surface area (Å²) in [4.78, 5) is 12.6. The van der Waals surface area contributed by atoms with Gasteiger partial charge in [0.1, 0.15) is 16.3 Å². The van der Waals surface area contributed by atoms with Crippen LogP contribution in [0.1, 0.15) is 25.5 Å². The van der Waals surface area contributed by atoms with Gasteiger partial charge in [0.15, 0.2) is 11.6 Å². The monoisotopic (exact) mass is 433 g/mol. The van der Waals surface area contributed by atoms with Crippen molar-refractivity contribution in [2.24, 2.45) is 17.3 Å². The lowest BCUT2D eigenvalue weighted by atomic mass is 10.1. The van der Waals surface area contributed by atoms with Crippen molar-refractivity contribution in [3.05, 3.63) is 70.5 Å². The summed E-state index contributed by atoms with van der Waals surface area (Å²) in [6, 6.07) is 14.5. The van der Waals surface area contributed by atoms with Crippen molar-refractivity contribution < 1.29 is 18.7 Å². The fourth-order valence-electron chi connectivity index (χ4n) is 3.31. The molecule has 1 aliphatic carbocycles. The molecule has 3 rings (SSSR count). The summed E-state index contributed by atoms with van der Waals surface area (Å²) in [6.45, 7) is 3.78. The van der Waals surface area contributed by atoms with E-state index >= 15 is 0 Å². The smallest absolute Gasteiger partial charge is 0.311 e. The van der Waals surface area contributed by atoms with Crippen LogP contribution in [0.15, 0.2) is 59.1 Å². The molecule has 0 aliphatic heterocycles. The Balaban J connectivity index is 1.77. The number of hydrogen-bond donors (Lipinski definition) is 0. The molecule has 0 bridgehead atoms. The summed E-state index contributed by atoms with van der Waals surface area (Å²) < 4.78 is 25.2. The number of esters is 1. The first-order chi connectivity index (χ1) is 13.7. The number of allylic oxidation sites excluding steroid dienone is 1. The van der Waals surface area contributed by atoms with Crippen LogP contribution in [0.5, 0.6) is 11.5 Å². The van der Waals surface area contributed by atoms with E-state index in [4.69, 9.17) is 32.7 Å². The van der Waals surface area contributed by atoms with Gasteiger partial charge in [-0.3, -0.25) is 4.79 Å². The zero-order chi connectivity index (χ0) is 21.2. The standard InChI is InChI=1S/C22H18Cl2FNO3/c1-22(2)15(11-19(23)24)20(22)21(27)29-18(12-26)13-8-9-16(25)17(10-13)28-14-6-4-3-5-7-14/h3-11,15,18,20H,1-2H3/t15?,18-,20?/m1/s1. The van der Waals surface area contributed by atoms with Crippen molar-refractivity contribution in [1.29, 1.82) is 5.26 Å². The van der Waals surface area contributed by atoms with E-state index < -0.39 is 23.8 Å². The lowest BCUT2D eigenvalue weighted by molar-refractivity contribution is -0.149. The van der Waals surface area contributed by atoms with E-state index in [1.165, 1.54) is 18.2 Å². The van der Waals surface area contributed by atoms with E-state index in [1.54, 1.807) is 30.3 Å². The van der Waals surface area contributed by atoms with Crippen LogP contribution >= 0.6 is 23.2 Å². The number of carbonyl (C=O) groups is 1. The maximum atomic E-state index is 14.2. The number of benzene rings is 2. The van der Waals surface area contributed by atoms with Gasteiger partial charge in [0.05, 0.1) is 5.92 Å². The topological polar surface area (TPSA) is 59.3 Å². The molecule has 2 aromatic carbocycles. The maximum Gasteiger partial charge on any atom is 0.311 e. The third kappa shape index (κ3) is 4.72. The van der Waals surface area contributed by atoms with Gasteiger partial charge in [0.2, 0.25) is 6.10 Å². The Morgan fingerprint density at radius 2 is 1.93 bits per heavy atom. The number of rotatable bonds is 6. The number of nitriles is 1. The van der Waals surface area contributed by atoms with E-state index in [0.717, 1.165) is 0 Å². The van der Waals surface area contributed by atoms with Gasteiger partial charge in [0, 0.05) is 5.56 Å². The third-order valence-corrected chi connectivity index (χ3v) is 5.30. The zero-order valence-electron chi connectivity index (χ0n) is 15.7. The van der Waals surface area contributed by atoms with E-state index in [1.807, 2.05) is 26.0 Å². The summed E-state index contributed by atoms with van der Waals surface area (Å²) in [6.07, 6.45) is 0.397. The number of carbonyl (C=O) groups excluding carboxylic acids is 1. The molecule has 1 aliphatic rings. The van der Waals surface area contributed by atoms with Gasteiger partial charge in [-0.1, -0.05) is 61.3 Å². The predicted molar refractivity (Wildman–Crippen MR) is 108 cm³/mol. The minimum absolute atomic E-state index is 0.0634. The van der Waals surface area contributed by atoms with Crippen LogP contribution in [0, 0.1) is 34.4 Å². The van der Waals surface area contributed by atoms with Crippen LogP contribution in [0.25, 0.3) is 0 Å². The first-order valence-corrected chi connectivity index (χ1v) is 9.65. The van der Waals surface area contributed by atoms with Crippen molar-refractivity contribution in [3.8, 4) is 17.6 Å². The highest BCUT2D eigenvalue weighted by molar-refractivity contribution is 6.55. The van der Waals surface area contributed by atoms with Crippen molar-refractivity contribution in [2.45, 2.75) is 20.0 Å². The molecule has 4 nitrogen and oxygen atoms in total. The molecule has 0 spiro atoms. The van der Waals surface area contributed by atoms with Crippen LogP contribution < -0.4 is 4.74 Å². The molecule has 1 saturated carbocycles. The van der Waals surface area contributed by atoms with Crippen LogP contribution in [0.3, 0.4) is 0 Å². The van der Waals surface area contributed by atoms with Crippen molar-refractivity contribution >= 4 is 29.2 Å². The maximum absolute atomic E-state index is 14.2. The minimum Gasteiger partial charge on any atom is -0.454 e. The third-order valence-electron chi connectivity index (χ3n) is 5.05. The van der Waals surface area contributed by atoms with Crippen molar-refractivity contribution in [1.82, 2.24) is 0 Å². The number of para-hydroxylation sites is 1. The molecular weight excluding hydrogens is 416 g/mol. The fraction of sp³-hybridized carbons (Fsp3) is 0.273. The van der Waals surface area contributed by atoms with Crippen molar-refractivity contribution in [2.75, 3.05) is 0 Å². The van der Waals surface area contributed by atoms with Crippen LogP contribution in [-0.4, -0.2) is 5.97 Å². The molecule has 29 heavy (non-hydrogen) atoms. The highest BCUT2D eigenvalue weighted by Gasteiger charge is 2.62. The Bertz CT molecular complexity index is 981. The molecule has 0 amide bonds. The molecule has 7 heteroatoms. The minimum atomic E-state index is -1.20. The molecule has 0 radical (unpaired) electrons. The van der Waals surface area contributed by atoms with E-state index in [-0.39, 0.29) is 21.6 Å². The van der Waals surface area contributed by atoms with Gasteiger partial charge in [-0.05, 0) is 41.7 Å². The number of halogens is 3. The largest absolute Gasteiger partial charge is 0.454 e. The molecular formula is C22H18Cl2FNO3. The summed E-state index contributed by atoms with van der Waals surface area (Å²) in [5, 5.41) is 9.51. The molecule has 2 unspecified atom stereocenters. The number of hydrogen-bond acceptors (Lipinski definition) is 4. The van der Waals surface area contributed by atoms with E-state index in [2.05, 4.69) is 0 Å². The van der Waals surface area contributed by atoms with Gasteiger partial charge in [-0.15, -0.1) is 0 Å². The Kier molecular flexibility index (Phi) is 6.16. The van der Waals surface area contributed by atoms with E-state index in [9.17, 15) is 14.4 Å². The van der Waals surface area contributed by atoms with Crippen LogP contribution in [-0.2, 0) is 9.53 Å². The quantitative estimate of drug-likeness (QED) is 0.500. The molecule has 0 N–H and O–H groups in total. The SMILES string of the molecule is CC1(C)C(C=C(Cl)Cl)C1C(=O)O[C@H](C#N)c1ccc(F)c(Oc2ccccc2)c1. The highest BCUT2D eigenvalue weighted by Crippen LogP contribution is 2.60. The molecule has 0 saturated heterocycles. The van der Waals surface area contributed by atoms with Gasteiger partial charge in [0.25, 0.3) is 0 Å². The molecule has 3 atom stereocenters. The summed E-state index contributed by atoms with van der Waals surface area (Å²) >= 11 is 11.4. The number of ether oxygens (including phenoxy) is 2. The summed E-state index contributed by atoms with van der Waals surface area (Å²) in [7, 11) is 0. The fourth-order valence-corrected chi connectivity index (χ4v) is 3.58. The predicted octanol–water partition coefficient (Wildman–Crippen LogP) is 6.32. The Labute approximate surface area is 178 Å². The number of nitrogens with zero attached hydrogens (tertiary/aromatic N) is 1. The molecule has 0 aromatic heterocycles. The molecule has 0 heterocycles. The second-order valence-electron chi connectivity index (χ2n) is 7.33. The van der Waals surface area contributed by atoms with Crippen LogP contribution in [0.4, 0.5) is 4.39 Å². The second kappa shape index (κ2) is 8.44. The Morgan fingerprint density at radius 3 is 2.55 bits per heavy atom. The Morgan fingerprint density at radius 1 is 1.24 bits per heavy atom. The first kappa shape index (κ1) is 21.2. The summed E-state index contributed by atoms with van der Waals surface area (Å²) in [5.74, 6) is -1.39. The van der Waals surface area contributed by atoms with Gasteiger partial charge in [-0.25, -0.2) is 4.39 Å². The lowest BCUT2D eigenvalue weighted by Gasteiger charge is -2.14. The van der Waals surface area contributed by atoms with Crippen LogP contribution in [0.2, 0.25) is 0 Å². The van der Waals surface area contributed by atoms with Gasteiger partial charge in [-0.2, -0.15) is 5.26 Å².